The van der Waals surface area contributed by atoms with Crippen molar-refractivity contribution in [3.63, 3.8) is 0 Å². The van der Waals surface area contributed by atoms with Crippen LogP contribution in [0.25, 0.3) is 5.70 Å². The van der Waals surface area contributed by atoms with Gasteiger partial charge in [0.15, 0.2) is 0 Å². The van der Waals surface area contributed by atoms with Crippen molar-refractivity contribution < 1.29 is 0 Å². The lowest BCUT2D eigenvalue weighted by Crippen LogP contribution is -2.22. The zero-order valence-corrected chi connectivity index (χ0v) is 6.12. The highest BCUT2D eigenvalue weighted by molar-refractivity contribution is 5.44. The summed E-state index contributed by atoms with van der Waals surface area (Å²) in [5.41, 5.74) is 1.18. The highest BCUT2D eigenvalue weighted by atomic mass is 15.4. The van der Waals surface area contributed by atoms with Crippen molar-refractivity contribution in [1.29, 1.82) is 0 Å². The van der Waals surface area contributed by atoms with Gasteiger partial charge in [-0.2, -0.15) is 0 Å². The van der Waals surface area contributed by atoms with E-state index >= 15 is 0 Å². The summed E-state index contributed by atoms with van der Waals surface area (Å²) in [4.78, 5) is 0. The van der Waals surface area contributed by atoms with Crippen LogP contribution in [-0.4, -0.2) is 28.1 Å². The highest BCUT2D eigenvalue weighted by Gasteiger charge is 2.04. The minimum Gasteiger partial charge on any atom is -0.313 e. The maximum absolute atomic E-state index is 3.85. The summed E-state index contributed by atoms with van der Waals surface area (Å²) < 4.78 is 1.70. The van der Waals surface area contributed by atoms with Gasteiger partial charge in [-0.3, -0.25) is 0 Å². The van der Waals surface area contributed by atoms with Crippen molar-refractivity contribution in [3.8, 4) is 0 Å². The van der Waals surface area contributed by atoms with Gasteiger partial charge in [-0.15, -0.1) is 5.10 Å². The third-order valence-corrected chi connectivity index (χ3v) is 1.69. The third kappa shape index (κ3) is 1.30. The molecule has 1 aliphatic heterocycles. The lowest BCUT2D eigenvalue weighted by molar-refractivity contribution is 0.688. The molecule has 4 nitrogen and oxygen atoms in total. The average Bonchev–Trinajstić information content (AvgIpc) is 2.58. The first-order chi connectivity index (χ1) is 5.47. The predicted molar refractivity (Wildman–Crippen MR) is 40.6 cm³/mol. The Hall–Kier alpha value is -1.16. The van der Waals surface area contributed by atoms with Crippen LogP contribution in [-0.2, 0) is 0 Å². The van der Waals surface area contributed by atoms with Crippen molar-refractivity contribution in [1.82, 2.24) is 20.3 Å². The van der Waals surface area contributed by atoms with Crippen molar-refractivity contribution in [2.45, 2.75) is 6.42 Å². The first-order valence-electron chi connectivity index (χ1n) is 3.65. The van der Waals surface area contributed by atoms with E-state index < -0.39 is 0 Å². The SMILES string of the molecule is [c]1cnnn1C1=CCNCC1. The molecule has 0 saturated heterocycles. The van der Waals surface area contributed by atoms with Gasteiger partial charge in [0.05, 0.1) is 6.20 Å². The summed E-state index contributed by atoms with van der Waals surface area (Å²) in [5.74, 6) is 0. The monoisotopic (exact) mass is 149 g/mol. The summed E-state index contributed by atoms with van der Waals surface area (Å²) >= 11 is 0. The topological polar surface area (TPSA) is 42.7 Å². The molecule has 1 aliphatic rings. The van der Waals surface area contributed by atoms with Crippen LogP contribution in [0.1, 0.15) is 6.42 Å². The Kier molecular flexibility index (Phi) is 1.69. The lowest BCUT2D eigenvalue weighted by atomic mass is 10.2. The molecule has 0 aliphatic carbocycles. The maximum Gasteiger partial charge on any atom is 0.114 e. The van der Waals surface area contributed by atoms with Crippen LogP contribution in [0.2, 0.25) is 0 Å². The van der Waals surface area contributed by atoms with Crippen LogP contribution >= 0.6 is 0 Å². The Morgan fingerprint density at radius 3 is 3.27 bits per heavy atom. The molecule has 2 rings (SSSR count). The molecular weight excluding hydrogens is 140 g/mol. The van der Waals surface area contributed by atoms with E-state index in [4.69, 9.17) is 0 Å². The highest BCUT2D eigenvalue weighted by Crippen LogP contribution is 2.07. The molecule has 1 aromatic heterocycles. The van der Waals surface area contributed by atoms with Gasteiger partial charge in [0.1, 0.15) is 6.20 Å². The number of hydrogen-bond donors (Lipinski definition) is 1. The van der Waals surface area contributed by atoms with Gasteiger partial charge >= 0.3 is 0 Å². The zero-order chi connectivity index (χ0) is 7.52. The minimum absolute atomic E-state index is 0.920. The molecule has 2 heterocycles. The Morgan fingerprint density at radius 2 is 2.64 bits per heavy atom. The second-order valence-corrected chi connectivity index (χ2v) is 2.42. The molecule has 0 aromatic carbocycles. The van der Waals surface area contributed by atoms with Gasteiger partial charge in [0, 0.05) is 25.2 Å². The van der Waals surface area contributed by atoms with Gasteiger partial charge in [-0.25, -0.2) is 4.68 Å². The van der Waals surface area contributed by atoms with Gasteiger partial charge in [0.2, 0.25) is 0 Å². The summed E-state index contributed by atoms with van der Waals surface area (Å²) in [5, 5.41) is 10.8. The average molecular weight is 149 g/mol. The van der Waals surface area contributed by atoms with E-state index in [1.165, 1.54) is 5.70 Å². The van der Waals surface area contributed by atoms with E-state index in [0.29, 0.717) is 0 Å². The molecule has 11 heavy (non-hydrogen) atoms. The second-order valence-electron chi connectivity index (χ2n) is 2.42. The zero-order valence-electron chi connectivity index (χ0n) is 6.12. The third-order valence-electron chi connectivity index (χ3n) is 1.69. The maximum atomic E-state index is 3.85. The van der Waals surface area contributed by atoms with Crippen molar-refractivity contribution in [3.05, 3.63) is 18.5 Å². The summed E-state index contributed by atoms with van der Waals surface area (Å²) in [7, 11) is 0. The van der Waals surface area contributed by atoms with E-state index in [1.807, 2.05) is 0 Å². The molecule has 4 heteroatoms. The number of nitrogens with zero attached hydrogens (tertiary/aromatic N) is 3. The van der Waals surface area contributed by atoms with E-state index in [9.17, 15) is 0 Å². The molecule has 0 atom stereocenters. The fraction of sp³-hybridized carbons (Fsp3) is 0.429. The Morgan fingerprint density at radius 1 is 1.64 bits per heavy atom. The number of hydrogen-bond acceptors (Lipinski definition) is 3. The van der Waals surface area contributed by atoms with Crippen LogP contribution in [0, 0.1) is 6.20 Å². The molecule has 1 radical (unpaired) electrons. The number of aromatic nitrogens is 3. The minimum atomic E-state index is 0.920. The first kappa shape index (κ1) is 6.54. The Balaban J connectivity index is 2.22. The molecule has 0 spiro atoms. The molecule has 0 saturated carbocycles. The van der Waals surface area contributed by atoms with Gasteiger partial charge in [-0.05, 0) is 6.08 Å². The molecule has 0 amide bonds. The molecule has 0 unspecified atom stereocenters. The van der Waals surface area contributed by atoms with Crippen LogP contribution < -0.4 is 5.32 Å². The van der Waals surface area contributed by atoms with Crippen molar-refractivity contribution >= 4 is 5.70 Å². The molecule has 0 fully saturated rings. The first-order valence-corrected chi connectivity index (χ1v) is 3.65. The summed E-state index contributed by atoms with van der Waals surface area (Å²) in [6.45, 7) is 1.93. The fourth-order valence-corrected chi connectivity index (χ4v) is 1.13. The van der Waals surface area contributed by atoms with Crippen molar-refractivity contribution in [2.75, 3.05) is 13.1 Å². The normalized spacial score (nSPS) is 18.0. The Bertz CT molecular complexity index is 249. The Labute approximate surface area is 64.9 Å². The van der Waals surface area contributed by atoms with E-state index in [2.05, 4.69) is 27.9 Å². The molecule has 1 N–H and O–H groups in total. The van der Waals surface area contributed by atoms with Crippen LogP contribution in [0.3, 0.4) is 0 Å². The van der Waals surface area contributed by atoms with E-state index in [1.54, 1.807) is 10.9 Å². The lowest BCUT2D eigenvalue weighted by Gasteiger charge is -2.12. The van der Waals surface area contributed by atoms with Crippen LogP contribution in [0.4, 0.5) is 0 Å². The molecule has 1 aromatic rings. The van der Waals surface area contributed by atoms with Gasteiger partial charge in [-0.1, -0.05) is 5.21 Å². The predicted octanol–water partition coefficient (Wildman–Crippen LogP) is -0.0875. The van der Waals surface area contributed by atoms with Crippen LogP contribution in [0.5, 0.6) is 0 Å². The van der Waals surface area contributed by atoms with E-state index in [-0.39, 0.29) is 0 Å². The second kappa shape index (κ2) is 2.84. The van der Waals surface area contributed by atoms with Crippen molar-refractivity contribution in [2.24, 2.45) is 0 Å². The standard InChI is InChI=1S/C7H9N4/c1-3-8-4-2-7(1)11-6-5-9-10-11/h1,5,8H,2-4H2. The number of nitrogens with one attached hydrogen (secondary N) is 1. The summed E-state index contributed by atoms with van der Waals surface area (Å²) in [6, 6.07) is 0. The smallest absolute Gasteiger partial charge is 0.114 e. The fourth-order valence-electron chi connectivity index (χ4n) is 1.13. The van der Waals surface area contributed by atoms with Gasteiger partial charge < -0.3 is 5.32 Å². The molecular formula is C7H9N4. The van der Waals surface area contributed by atoms with E-state index in [0.717, 1.165) is 19.5 Å². The largest absolute Gasteiger partial charge is 0.313 e. The molecule has 0 bridgehead atoms. The quantitative estimate of drug-likeness (QED) is 0.607. The number of rotatable bonds is 1. The van der Waals surface area contributed by atoms with Crippen LogP contribution in [0.15, 0.2) is 12.3 Å². The molecule has 57 valence electrons. The van der Waals surface area contributed by atoms with Gasteiger partial charge in [0.25, 0.3) is 0 Å². The summed E-state index contributed by atoms with van der Waals surface area (Å²) in [6.07, 6.45) is 7.58.